The third kappa shape index (κ3) is 3.24. The van der Waals surface area contributed by atoms with Crippen molar-refractivity contribution < 1.29 is 22.7 Å². The highest BCUT2D eigenvalue weighted by atomic mass is 35.7. The van der Waals surface area contributed by atoms with Crippen LogP contribution in [0.1, 0.15) is 31.2 Å². The molecule has 0 bridgehead atoms. The van der Waals surface area contributed by atoms with Gasteiger partial charge < -0.3 is 9.47 Å². The van der Waals surface area contributed by atoms with Gasteiger partial charge in [-0.25, -0.2) is 8.42 Å². The van der Waals surface area contributed by atoms with Crippen LogP contribution in [0, 0.1) is 0 Å². The van der Waals surface area contributed by atoms with Crippen LogP contribution in [-0.4, -0.2) is 27.6 Å². The number of carbonyl (C=O) groups is 1. The highest BCUT2D eigenvalue weighted by Crippen LogP contribution is 2.36. The average Bonchev–Trinajstić information content (AvgIpc) is 2.80. The summed E-state index contributed by atoms with van der Waals surface area (Å²) in [5, 5.41) is 0. The van der Waals surface area contributed by atoms with Crippen molar-refractivity contribution in [3.05, 3.63) is 23.8 Å². The van der Waals surface area contributed by atoms with E-state index in [-0.39, 0.29) is 11.5 Å². The van der Waals surface area contributed by atoms with Crippen LogP contribution in [-0.2, 0) is 18.6 Å². The molecule has 1 aliphatic heterocycles. The van der Waals surface area contributed by atoms with Crippen LogP contribution in [0.5, 0.6) is 5.75 Å². The molecule has 110 valence electrons. The quantitative estimate of drug-likeness (QED) is 0.474. The number of benzene rings is 1. The van der Waals surface area contributed by atoms with Gasteiger partial charge in [-0.05, 0) is 24.6 Å². The van der Waals surface area contributed by atoms with Crippen molar-refractivity contribution in [2.24, 2.45) is 0 Å². The maximum Gasteiger partial charge on any atom is 0.317 e. The molecule has 1 atom stereocenters. The lowest BCUT2D eigenvalue weighted by molar-refractivity contribution is -0.145. The third-order valence-electron chi connectivity index (χ3n) is 3.07. The minimum Gasteiger partial charge on any atom is -0.492 e. The summed E-state index contributed by atoms with van der Waals surface area (Å²) in [6.07, 6.45) is 1.72. The third-order valence-corrected chi connectivity index (χ3v) is 4.42. The van der Waals surface area contributed by atoms with Gasteiger partial charge in [0.2, 0.25) is 0 Å². The van der Waals surface area contributed by atoms with Gasteiger partial charge in [-0.3, -0.25) is 4.79 Å². The highest BCUT2D eigenvalue weighted by Gasteiger charge is 2.32. The van der Waals surface area contributed by atoms with Gasteiger partial charge in [0, 0.05) is 16.2 Å². The Labute approximate surface area is 122 Å². The standard InChI is InChI=1S/C13H15ClO5S/c1-2-3-6-18-13(15)11-8-19-12-5-4-9(7-10(11)12)20(14,16)17/h4-5,7,11H,2-3,6,8H2,1H3. The number of unbranched alkanes of at least 4 members (excludes halogenated alkanes) is 1. The molecule has 5 nitrogen and oxygen atoms in total. The van der Waals surface area contributed by atoms with Crippen molar-refractivity contribution in [1.29, 1.82) is 0 Å². The Morgan fingerprint density at radius 2 is 2.25 bits per heavy atom. The first-order valence-electron chi connectivity index (χ1n) is 6.31. The summed E-state index contributed by atoms with van der Waals surface area (Å²) in [5.74, 6) is -0.506. The molecule has 1 aromatic rings. The lowest BCUT2D eigenvalue weighted by Crippen LogP contribution is -2.18. The van der Waals surface area contributed by atoms with E-state index in [2.05, 4.69) is 0 Å². The smallest absolute Gasteiger partial charge is 0.317 e. The highest BCUT2D eigenvalue weighted by molar-refractivity contribution is 8.13. The molecule has 20 heavy (non-hydrogen) atoms. The second-order valence-electron chi connectivity index (χ2n) is 4.52. The fourth-order valence-electron chi connectivity index (χ4n) is 1.96. The molecular formula is C13H15ClO5S. The van der Waals surface area contributed by atoms with Gasteiger partial charge in [0.15, 0.2) is 0 Å². The van der Waals surface area contributed by atoms with E-state index in [1.54, 1.807) is 0 Å². The molecule has 0 aliphatic carbocycles. The number of esters is 1. The van der Waals surface area contributed by atoms with Crippen molar-refractivity contribution >= 4 is 25.7 Å². The Balaban J connectivity index is 2.20. The fourth-order valence-corrected chi connectivity index (χ4v) is 2.74. The van der Waals surface area contributed by atoms with Gasteiger partial charge in [-0.1, -0.05) is 13.3 Å². The van der Waals surface area contributed by atoms with Crippen molar-refractivity contribution in [3.63, 3.8) is 0 Å². The van der Waals surface area contributed by atoms with Crippen LogP contribution in [0.15, 0.2) is 23.1 Å². The van der Waals surface area contributed by atoms with Crippen LogP contribution in [0.4, 0.5) is 0 Å². The predicted octanol–water partition coefficient (Wildman–Crippen LogP) is 2.43. The number of carbonyl (C=O) groups excluding carboxylic acids is 1. The Hall–Kier alpha value is -1.27. The van der Waals surface area contributed by atoms with Gasteiger partial charge in [0.05, 0.1) is 11.5 Å². The number of rotatable bonds is 5. The Bertz CT molecular complexity index is 611. The maximum atomic E-state index is 12.0. The second-order valence-corrected chi connectivity index (χ2v) is 7.09. The first kappa shape index (κ1) is 15.1. The van der Waals surface area contributed by atoms with E-state index >= 15 is 0 Å². The van der Waals surface area contributed by atoms with Gasteiger partial charge in [0.1, 0.15) is 18.3 Å². The van der Waals surface area contributed by atoms with Crippen LogP contribution in [0.3, 0.4) is 0 Å². The molecular weight excluding hydrogens is 304 g/mol. The number of fused-ring (bicyclic) bond motifs is 1. The monoisotopic (exact) mass is 318 g/mol. The summed E-state index contributed by atoms with van der Waals surface area (Å²) < 4.78 is 33.2. The molecule has 1 unspecified atom stereocenters. The summed E-state index contributed by atoms with van der Waals surface area (Å²) in [7, 11) is 1.48. The zero-order chi connectivity index (χ0) is 14.8. The van der Waals surface area contributed by atoms with Gasteiger partial charge in [-0.15, -0.1) is 0 Å². The molecule has 0 N–H and O–H groups in total. The summed E-state index contributed by atoms with van der Waals surface area (Å²) in [6, 6.07) is 4.23. The van der Waals surface area contributed by atoms with Crippen LogP contribution < -0.4 is 4.74 Å². The van der Waals surface area contributed by atoms with E-state index in [0.29, 0.717) is 17.9 Å². The van der Waals surface area contributed by atoms with Gasteiger partial charge >= 0.3 is 5.97 Å². The van der Waals surface area contributed by atoms with E-state index in [9.17, 15) is 13.2 Å². The van der Waals surface area contributed by atoms with Crippen LogP contribution in [0.25, 0.3) is 0 Å². The molecule has 0 spiro atoms. The topological polar surface area (TPSA) is 69.7 Å². The number of hydrogen-bond donors (Lipinski definition) is 0. The van der Waals surface area contributed by atoms with E-state index in [1.165, 1.54) is 18.2 Å². The van der Waals surface area contributed by atoms with E-state index in [4.69, 9.17) is 20.2 Å². The van der Waals surface area contributed by atoms with Crippen molar-refractivity contribution in [2.75, 3.05) is 13.2 Å². The Morgan fingerprint density at radius 3 is 2.90 bits per heavy atom. The largest absolute Gasteiger partial charge is 0.492 e. The normalized spacial score (nSPS) is 17.4. The average molecular weight is 319 g/mol. The number of halogens is 1. The first-order valence-corrected chi connectivity index (χ1v) is 8.62. The number of hydrogen-bond acceptors (Lipinski definition) is 5. The van der Waals surface area contributed by atoms with Crippen LogP contribution >= 0.6 is 10.7 Å². The molecule has 7 heteroatoms. The maximum absolute atomic E-state index is 12.0. The van der Waals surface area contributed by atoms with Crippen molar-refractivity contribution in [2.45, 2.75) is 30.6 Å². The first-order chi connectivity index (χ1) is 9.43. The molecule has 0 saturated heterocycles. The summed E-state index contributed by atoms with van der Waals surface area (Å²) in [4.78, 5) is 11.9. The molecule has 0 fully saturated rings. The van der Waals surface area contributed by atoms with E-state index in [1.807, 2.05) is 6.92 Å². The summed E-state index contributed by atoms with van der Waals surface area (Å²) >= 11 is 0. The van der Waals surface area contributed by atoms with E-state index in [0.717, 1.165) is 12.8 Å². The zero-order valence-electron chi connectivity index (χ0n) is 11.0. The minimum atomic E-state index is -3.83. The lowest BCUT2D eigenvalue weighted by atomic mass is 10.0. The lowest BCUT2D eigenvalue weighted by Gasteiger charge is -2.09. The molecule has 1 aromatic carbocycles. The summed E-state index contributed by atoms with van der Waals surface area (Å²) in [5.41, 5.74) is 0.508. The molecule has 1 heterocycles. The van der Waals surface area contributed by atoms with Crippen LogP contribution in [0.2, 0.25) is 0 Å². The molecule has 0 amide bonds. The molecule has 0 aromatic heterocycles. The predicted molar refractivity (Wildman–Crippen MR) is 73.6 cm³/mol. The summed E-state index contributed by atoms with van der Waals surface area (Å²) in [6.45, 7) is 2.51. The minimum absolute atomic E-state index is 0.0465. The van der Waals surface area contributed by atoms with Crippen molar-refractivity contribution in [1.82, 2.24) is 0 Å². The van der Waals surface area contributed by atoms with Gasteiger partial charge in [-0.2, -0.15) is 0 Å². The molecule has 1 aliphatic rings. The molecule has 0 saturated carbocycles. The molecule has 2 rings (SSSR count). The van der Waals surface area contributed by atoms with Crippen molar-refractivity contribution in [3.8, 4) is 5.75 Å². The fraction of sp³-hybridized carbons (Fsp3) is 0.462. The number of ether oxygens (including phenoxy) is 2. The Morgan fingerprint density at radius 1 is 1.50 bits per heavy atom. The second kappa shape index (κ2) is 6.01. The Kier molecular flexibility index (Phi) is 4.55. The van der Waals surface area contributed by atoms with Gasteiger partial charge in [0.25, 0.3) is 9.05 Å². The zero-order valence-corrected chi connectivity index (χ0v) is 12.5. The SMILES string of the molecule is CCCCOC(=O)C1COc2ccc(S(=O)(=O)Cl)cc21. The molecule has 0 radical (unpaired) electrons. The van der Waals surface area contributed by atoms with E-state index < -0.39 is 20.9 Å².